The molecule has 0 aliphatic rings. The molecular formula is C17H20N2OS. The molecule has 3 nitrogen and oxygen atoms in total. The van der Waals surface area contributed by atoms with E-state index in [1.54, 1.807) is 0 Å². The van der Waals surface area contributed by atoms with Crippen LogP contribution in [0.1, 0.15) is 18.1 Å². The van der Waals surface area contributed by atoms with E-state index >= 15 is 0 Å². The van der Waals surface area contributed by atoms with E-state index in [2.05, 4.69) is 36.5 Å². The van der Waals surface area contributed by atoms with E-state index in [0.29, 0.717) is 5.75 Å². The van der Waals surface area contributed by atoms with Gasteiger partial charge in [0.25, 0.3) is 0 Å². The standard InChI is InChI=1S/C17H20N2OS/c1-2-13-7-3-4-8-14(13)11-19-15-9-5-6-10-16(15)21-12-17(18)20/h3-10,19H,2,11-12H2,1H3,(H2,18,20). The van der Waals surface area contributed by atoms with Crippen molar-refractivity contribution in [2.24, 2.45) is 5.73 Å². The molecular weight excluding hydrogens is 280 g/mol. The SMILES string of the molecule is CCc1ccccc1CNc1ccccc1SCC(N)=O. The van der Waals surface area contributed by atoms with Crippen LogP contribution in [-0.2, 0) is 17.8 Å². The van der Waals surface area contributed by atoms with Crippen molar-refractivity contribution in [1.82, 2.24) is 0 Å². The molecule has 1 amide bonds. The van der Waals surface area contributed by atoms with Crippen molar-refractivity contribution in [2.45, 2.75) is 24.8 Å². The molecule has 110 valence electrons. The molecule has 21 heavy (non-hydrogen) atoms. The van der Waals surface area contributed by atoms with E-state index in [9.17, 15) is 4.79 Å². The number of hydrogen-bond donors (Lipinski definition) is 2. The van der Waals surface area contributed by atoms with Crippen molar-refractivity contribution in [2.75, 3.05) is 11.1 Å². The van der Waals surface area contributed by atoms with Crippen LogP contribution in [0.25, 0.3) is 0 Å². The molecule has 0 aromatic heterocycles. The minimum atomic E-state index is -0.300. The molecule has 2 rings (SSSR count). The lowest BCUT2D eigenvalue weighted by Gasteiger charge is -2.13. The summed E-state index contributed by atoms with van der Waals surface area (Å²) in [5, 5.41) is 3.46. The molecule has 0 saturated heterocycles. The van der Waals surface area contributed by atoms with Gasteiger partial charge < -0.3 is 11.1 Å². The van der Waals surface area contributed by atoms with Gasteiger partial charge in [0.2, 0.25) is 5.91 Å². The molecule has 4 heteroatoms. The summed E-state index contributed by atoms with van der Waals surface area (Å²) in [5.74, 6) is -0.00400. The molecule has 0 radical (unpaired) electrons. The highest BCUT2D eigenvalue weighted by atomic mass is 32.2. The minimum Gasteiger partial charge on any atom is -0.380 e. The van der Waals surface area contributed by atoms with Crippen molar-refractivity contribution in [3.63, 3.8) is 0 Å². The zero-order chi connectivity index (χ0) is 15.1. The first-order chi connectivity index (χ1) is 10.2. The van der Waals surface area contributed by atoms with Crippen LogP contribution in [0.5, 0.6) is 0 Å². The maximum Gasteiger partial charge on any atom is 0.227 e. The molecule has 2 aromatic rings. The lowest BCUT2D eigenvalue weighted by Crippen LogP contribution is -2.13. The number of anilines is 1. The lowest BCUT2D eigenvalue weighted by atomic mass is 10.1. The van der Waals surface area contributed by atoms with Crippen molar-refractivity contribution in [3.05, 3.63) is 59.7 Å². The van der Waals surface area contributed by atoms with Gasteiger partial charge in [-0.2, -0.15) is 0 Å². The highest BCUT2D eigenvalue weighted by Crippen LogP contribution is 2.27. The van der Waals surface area contributed by atoms with Crippen molar-refractivity contribution >= 4 is 23.4 Å². The molecule has 0 saturated carbocycles. The number of benzene rings is 2. The third-order valence-electron chi connectivity index (χ3n) is 3.23. The summed E-state index contributed by atoms with van der Waals surface area (Å²) in [6.45, 7) is 2.94. The number of para-hydroxylation sites is 1. The molecule has 0 heterocycles. The molecule has 0 unspecified atom stereocenters. The number of nitrogens with two attached hydrogens (primary N) is 1. The van der Waals surface area contributed by atoms with Crippen LogP contribution in [0.3, 0.4) is 0 Å². The summed E-state index contributed by atoms with van der Waals surface area (Å²) in [7, 11) is 0. The fourth-order valence-electron chi connectivity index (χ4n) is 2.15. The van der Waals surface area contributed by atoms with Crippen LogP contribution in [0.15, 0.2) is 53.4 Å². The Morgan fingerprint density at radius 3 is 2.48 bits per heavy atom. The zero-order valence-electron chi connectivity index (χ0n) is 12.1. The summed E-state index contributed by atoms with van der Waals surface area (Å²) < 4.78 is 0. The Morgan fingerprint density at radius 2 is 1.76 bits per heavy atom. The van der Waals surface area contributed by atoms with Gasteiger partial charge >= 0.3 is 0 Å². The molecule has 0 atom stereocenters. The second kappa shape index (κ2) is 7.74. The highest BCUT2D eigenvalue weighted by molar-refractivity contribution is 8.00. The first kappa shape index (κ1) is 15.4. The van der Waals surface area contributed by atoms with Crippen LogP contribution in [-0.4, -0.2) is 11.7 Å². The number of hydrogen-bond acceptors (Lipinski definition) is 3. The number of thioether (sulfide) groups is 1. The predicted molar refractivity (Wildman–Crippen MR) is 89.5 cm³/mol. The van der Waals surface area contributed by atoms with Crippen molar-refractivity contribution in [1.29, 1.82) is 0 Å². The van der Waals surface area contributed by atoms with Crippen LogP contribution in [0.4, 0.5) is 5.69 Å². The normalized spacial score (nSPS) is 10.3. The van der Waals surface area contributed by atoms with E-state index < -0.39 is 0 Å². The van der Waals surface area contributed by atoms with Gasteiger partial charge in [-0.15, -0.1) is 11.8 Å². The largest absolute Gasteiger partial charge is 0.380 e. The van der Waals surface area contributed by atoms with Gasteiger partial charge in [-0.3, -0.25) is 4.79 Å². The van der Waals surface area contributed by atoms with Gasteiger partial charge in [0.05, 0.1) is 5.75 Å². The molecule has 0 bridgehead atoms. The first-order valence-electron chi connectivity index (χ1n) is 7.01. The van der Waals surface area contributed by atoms with E-state index in [4.69, 9.17) is 5.73 Å². The zero-order valence-corrected chi connectivity index (χ0v) is 13.0. The van der Waals surface area contributed by atoms with Gasteiger partial charge in [0.15, 0.2) is 0 Å². The maximum absolute atomic E-state index is 10.9. The van der Waals surface area contributed by atoms with Crippen LogP contribution in [0.2, 0.25) is 0 Å². The van der Waals surface area contributed by atoms with Crippen LogP contribution < -0.4 is 11.1 Å². The molecule has 0 aliphatic heterocycles. The second-order valence-corrected chi connectivity index (χ2v) is 5.74. The third kappa shape index (κ3) is 4.53. The summed E-state index contributed by atoms with van der Waals surface area (Å²) in [6, 6.07) is 16.4. The van der Waals surface area contributed by atoms with E-state index in [1.807, 2.05) is 24.3 Å². The van der Waals surface area contributed by atoms with E-state index in [1.165, 1.54) is 22.9 Å². The summed E-state index contributed by atoms with van der Waals surface area (Å²) >= 11 is 1.46. The van der Waals surface area contributed by atoms with E-state index in [0.717, 1.165) is 23.5 Å². The van der Waals surface area contributed by atoms with Crippen molar-refractivity contribution < 1.29 is 4.79 Å². The predicted octanol–water partition coefficient (Wildman–Crippen LogP) is 3.44. The third-order valence-corrected chi connectivity index (χ3v) is 4.32. The Hall–Kier alpha value is -1.94. The monoisotopic (exact) mass is 300 g/mol. The number of rotatable bonds is 7. The fourth-order valence-corrected chi connectivity index (χ4v) is 2.92. The van der Waals surface area contributed by atoms with Gasteiger partial charge in [0.1, 0.15) is 0 Å². The quantitative estimate of drug-likeness (QED) is 0.770. The number of amides is 1. The average molecular weight is 300 g/mol. The van der Waals surface area contributed by atoms with Gasteiger partial charge in [-0.25, -0.2) is 0 Å². The summed E-state index contributed by atoms with van der Waals surface area (Å²) in [4.78, 5) is 12.0. The Labute approximate surface area is 129 Å². The van der Waals surface area contributed by atoms with Gasteiger partial charge in [-0.05, 0) is 29.7 Å². The minimum absolute atomic E-state index is 0.296. The van der Waals surface area contributed by atoms with Gasteiger partial charge in [-0.1, -0.05) is 43.3 Å². The number of carbonyl (C=O) groups is 1. The first-order valence-corrected chi connectivity index (χ1v) is 8.00. The molecule has 3 N–H and O–H groups in total. The topological polar surface area (TPSA) is 55.1 Å². The number of aryl methyl sites for hydroxylation is 1. The Morgan fingerprint density at radius 1 is 1.10 bits per heavy atom. The van der Waals surface area contributed by atoms with Crippen LogP contribution in [0, 0.1) is 0 Å². The Bertz CT molecular complexity index is 613. The second-order valence-electron chi connectivity index (χ2n) is 4.73. The van der Waals surface area contributed by atoms with Crippen LogP contribution >= 0.6 is 11.8 Å². The van der Waals surface area contributed by atoms with E-state index in [-0.39, 0.29) is 5.91 Å². The smallest absolute Gasteiger partial charge is 0.227 e. The summed E-state index contributed by atoms with van der Waals surface area (Å²) in [6.07, 6.45) is 1.02. The Balaban J connectivity index is 2.07. The molecule has 0 aliphatic carbocycles. The molecule has 0 fully saturated rings. The lowest BCUT2D eigenvalue weighted by molar-refractivity contribution is -0.115. The number of nitrogens with one attached hydrogen (secondary N) is 1. The molecule has 2 aromatic carbocycles. The fraction of sp³-hybridized carbons (Fsp3) is 0.235. The maximum atomic E-state index is 10.9. The van der Waals surface area contributed by atoms with Gasteiger partial charge in [0, 0.05) is 17.1 Å². The average Bonchev–Trinajstić information content (AvgIpc) is 2.51. The summed E-state index contributed by atoms with van der Waals surface area (Å²) in [5.41, 5.74) is 8.90. The number of primary amides is 1. The highest BCUT2D eigenvalue weighted by Gasteiger charge is 2.05. The molecule has 0 spiro atoms. The van der Waals surface area contributed by atoms with Crippen molar-refractivity contribution in [3.8, 4) is 0 Å². The number of carbonyl (C=O) groups excluding carboxylic acids is 1. The Kier molecular flexibility index (Phi) is 5.69.